The number of sulfone groups is 1. The van der Waals surface area contributed by atoms with Crippen molar-refractivity contribution >= 4 is 33.2 Å². The smallest absolute Gasteiger partial charge is 0.236 e. The number of oxazole rings is 1. The number of aromatic nitrogens is 1. The van der Waals surface area contributed by atoms with Gasteiger partial charge in [-0.2, -0.15) is 0 Å². The minimum absolute atomic E-state index is 0.0137. The average molecular weight is 443 g/mol. The lowest BCUT2D eigenvalue weighted by Gasteiger charge is -2.29. The minimum Gasteiger partial charge on any atom is -0.444 e. The van der Waals surface area contributed by atoms with Crippen LogP contribution in [0.4, 0.5) is 5.69 Å². The maximum atomic E-state index is 12.8. The zero-order valence-electron chi connectivity index (χ0n) is 16.6. The summed E-state index contributed by atoms with van der Waals surface area (Å²) in [5, 5.41) is 0. The number of amides is 1. The molecule has 2 heterocycles. The SMILES string of the molecule is CS(=O)(=O)c1ccc2c(c1)CCCN2C(=O)CSCc1coc(-c2ccccc2)n1. The Morgan fingerprint density at radius 3 is 2.77 bits per heavy atom. The number of hydrogen-bond acceptors (Lipinski definition) is 6. The van der Waals surface area contributed by atoms with Gasteiger partial charge in [0, 0.05) is 29.8 Å². The molecule has 0 bridgehead atoms. The molecule has 1 aromatic heterocycles. The lowest BCUT2D eigenvalue weighted by Crippen LogP contribution is -2.36. The first-order valence-electron chi connectivity index (χ1n) is 9.63. The topological polar surface area (TPSA) is 80.5 Å². The molecular formula is C22H22N2O4S2. The van der Waals surface area contributed by atoms with Crippen molar-refractivity contribution in [2.24, 2.45) is 0 Å². The van der Waals surface area contributed by atoms with Gasteiger partial charge in [0.15, 0.2) is 9.84 Å². The predicted molar refractivity (Wildman–Crippen MR) is 118 cm³/mol. The Morgan fingerprint density at radius 2 is 2.00 bits per heavy atom. The monoisotopic (exact) mass is 442 g/mol. The summed E-state index contributed by atoms with van der Waals surface area (Å²) in [6, 6.07) is 14.7. The second-order valence-corrected chi connectivity index (χ2v) is 10.2. The van der Waals surface area contributed by atoms with Gasteiger partial charge in [0.05, 0.1) is 16.3 Å². The van der Waals surface area contributed by atoms with Gasteiger partial charge in [-0.3, -0.25) is 4.79 Å². The highest BCUT2D eigenvalue weighted by Gasteiger charge is 2.24. The Kier molecular flexibility index (Phi) is 5.97. The molecule has 0 N–H and O–H groups in total. The van der Waals surface area contributed by atoms with Gasteiger partial charge in [-0.15, -0.1) is 11.8 Å². The second kappa shape index (κ2) is 8.65. The van der Waals surface area contributed by atoms with Crippen LogP contribution in [0.3, 0.4) is 0 Å². The molecule has 1 amide bonds. The van der Waals surface area contributed by atoms with Gasteiger partial charge < -0.3 is 9.32 Å². The van der Waals surface area contributed by atoms with Crippen molar-refractivity contribution in [2.75, 3.05) is 23.5 Å². The molecule has 30 heavy (non-hydrogen) atoms. The first-order valence-corrected chi connectivity index (χ1v) is 12.7. The zero-order chi connectivity index (χ0) is 21.1. The number of rotatable bonds is 6. The van der Waals surface area contributed by atoms with Crippen molar-refractivity contribution in [1.29, 1.82) is 0 Å². The maximum absolute atomic E-state index is 12.8. The quantitative estimate of drug-likeness (QED) is 0.575. The van der Waals surface area contributed by atoms with E-state index >= 15 is 0 Å². The number of carbonyl (C=O) groups excluding carboxylic acids is 1. The van der Waals surface area contributed by atoms with E-state index in [9.17, 15) is 13.2 Å². The van der Waals surface area contributed by atoms with Crippen LogP contribution in [0.15, 0.2) is 64.1 Å². The molecule has 0 radical (unpaired) electrons. The van der Waals surface area contributed by atoms with Crippen LogP contribution in [0.1, 0.15) is 17.7 Å². The van der Waals surface area contributed by atoms with Crippen LogP contribution >= 0.6 is 11.8 Å². The lowest BCUT2D eigenvalue weighted by atomic mass is 10.0. The van der Waals surface area contributed by atoms with Crippen LogP contribution < -0.4 is 4.90 Å². The third-order valence-corrected chi connectivity index (χ3v) is 7.01. The van der Waals surface area contributed by atoms with Crippen molar-refractivity contribution in [3.8, 4) is 11.5 Å². The van der Waals surface area contributed by atoms with Crippen LogP contribution in [0.25, 0.3) is 11.5 Å². The van der Waals surface area contributed by atoms with E-state index in [1.54, 1.807) is 29.4 Å². The largest absolute Gasteiger partial charge is 0.444 e. The molecule has 0 atom stereocenters. The number of aryl methyl sites for hydroxylation is 1. The summed E-state index contributed by atoms with van der Waals surface area (Å²) in [6.07, 6.45) is 4.42. The van der Waals surface area contributed by atoms with Gasteiger partial charge >= 0.3 is 0 Å². The van der Waals surface area contributed by atoms with Crippen molar-refractivity contribution < 1.29 is 17.6 Å². The van der Waals surface area contributed by atoms with Crippen molar-refractivity contribution in [1.82, 2.24) is 4.98 Å². The Morgan fingerprint density at radius 1 is 1.20 bits per heavy atom. The molecule has 4 rings (SSSR count). The minimum atomic E-state index is -3.26. The second-order valence-electron chi connectivity index (χ2n) is 7.21. The van der Waals surface area contributed by atoms with Gasteiger partial charge in [-0.05, 0) is 48.7 Å². The van der Waals surface area contributed by atoms with Crippen LogP contribution in [0.5, 0.6) is 0 Å². The van der Waals surface area contributed by atoms with E-state index in [0.29, 0.717) is 28.8 Å². The first-order chi connectivity index (χ1) is 14.4. The molecule has 8 heteroatoms. The summed E-state index contributed by atoms with van der Waals surface area (Å²) >= 11 is 1.49. The number of thioether (sulfide) groups is 1. The molecule has 0 fully saturated rings. The molecule has 0 saturated heterocycles. The van der Waals surface area contributed by atoms with Crippen molar-refractivity contribution in [2.45, 2.75) is 23.5 Å². The third-order valence-electron chi connectivity index (χ3n) is 4.95. The van der Waals surface area contributed by atoms with E-state index in [0.717, 1.165) is 35.3 Å². The number of fused-ring (bicyclic) bond motifs is 1. The van der Waals surface area contributed by atoms with E-state index < -0.39 is 9.84 Å². The summed E-state index contributed by atoms with van der Waals surface area (Å²) in [5.41, 5.74) is 3.44. The maximum Gasteiger partial charge on any atom is 0.236 e. The Hall–Kier alpha value is -2.58. The van der Waals surface area contributed by atoms with E-state index in [1.807, 2.05) is 30.3 Å². The summed E-state index contributed by atoms with van der Waals surface area (Å²) in [4.78, 5) is 19.3. The number of hydrogen-bond donors (Lipinski definition) is 0. The molecule has 0 saturated carbocycles. The predicted octanol–water partition coefficient (Wildman–Crippen LogP) is 3.96. The summed E-state index contributed by atoms with van der Waals surface area (Å²) in [7, 11) is -3.26. The molecular weight excluding hydrogens is 420 g/mol. The fourth-order valence-corrected chi connectivity index (χ4v) is 4.92. The number of nitrogens with zero attached hydrogens (tertiary/aromatic N) is 2. The molecule has 1 aliphatic rings. The van der Waals surface area contributed by atoms with Gasteiger partial charge in [0.2, 0.25) is 11.8 Å². The van der Waals surface area contributed by atoms with Gasteiger partial charge in [0.1, 0.15) is 6.26 Å². The highest BCUT2D eigenvalue weighted by atomic mass is 32.2. The van der Waals surface area contributed by atoms with E-state index in [1.165, 1.54) is 18.0 Å². The number of anilines is 1. The summed E-state index contributed by atoms with van der Waals surface area (Å²) in [5.74, 6) is 1.49. The van der Waals surface area contributed by atoms with Crippen LogP contribution in [0, 0.1) is 0 Å². The van der Waals surface area contributed by atoms with Crippen molar-refractivity contribution in [3.05, 3.63) is 66.1 Å². The molecule has 0 unspecified atom stereocenters. The fraction of sp³-hybridized carbons (Fsp3) is 0.273. The van der Waals surface area contributed by atoms with Gasteiger partial charge in [-0.1, -0.05) is 18.2 Å². The standard InChI is InChI=1S/C22H22N2O4S2/c1-30(26,27)19-9-10-20-17(12-19)8-5-11-24(20)21(25)15-29-14-18-13-28-22(23-18)16-6-3-2-4-7-16/h2-4,6-7,9-10,12-13H,5,8,11,14-15H2,1H3. The van der Waals surface area contributed by atoms with Gasteiger partial charge in [0.25, 0.3) is 0 Å². The molecule has 1 aliphatic heterocycles. The Balaban J connectivity index is 1.38. The average Bonchev–Trinajstić information content (AvgIpc) is 3.22. The van der Waals surface area contributed by atoms with Crippen molar-refractivity contribution in [3.63, 3.8) is 0 Å². The molecule has 3 aromatic rings. The van der Waals surface area contributed by atoms with E-state index in [2.05, 4.69) is 4.98 Å². The summed E-state index contributed by atoms with van der Waals surface area (Å²) < 4.78 is 29.2. The Bertz CT molecular complexity index is 1160. The van der Waals surface area contributed by atoms with E-state index in [-0.39, 0.29) is 5.91 Å². The summed E-state index contributed by atoms with van der Waals surface area (Å²) in [6.45, 7) is 0.646. The molecule has 6 nitrogen and oxygen atoms in total. The van der Waals surface area contributed by atoms with Crippen LogP contribution in [-0.4, -0.2) is 37.9 Å². The fourth-order valence-electron chi connectivity index (χ4n) is 3.47. The molecule has 0 aliphatic carbocycles. The molecule has 156 valence electrons. The van der Waals surface area contributed by atoms with Gasteiger partial charge in [-0.25, -0.2) is 13.4 Å². The third kappa shape index (κ3) is 4.60. The Labute approximate surface area is 180 Å². The number of carbonyl (C=O) groups is 1. The lowest BCUT2D eigenvalue weighted by molar-refractivity contribution is -0.116. The van der Waals surface area contributed by atoms with Crippen LogP contribution in [-0.2, 0) is 26.8 Å². The normalized spacial score (nSPS) is 13.8. The first kappa shape index (κ1) is 20.7. The van der Waals surface area contributed by atoms with E-state index in [4.69, 9.17) is 4.42 Å². The molecule has 0 spiro atoms. The zero-order valence-corrected chi connectivity index (χ0v) is 18.2. The highest BCUT2D eigenvalue weighted by Crippen LogP contribution is 2.30. The van der Waals surface area contributed by atoms with Crippen LogP contribution in [0.2, 0.25) is 0 Å². The highest BCUT2D eigenvalue weighted by molar-refractivity contribution is 7.99. The number of benzene rings is 2. The molecule has 2 aromatic carbocycles.